The summed E-state index contributed by atoms with van der Waals surface area (Å²) in [6, 6.07) is 4.04. The number of carbonyl (C=O) groups excluding carboxylic acids is 1. The molecule has 0 aromatic carbocycles. The fourth-order valence-electron chi connectivity index (χ4n) is 2.49. The highest BCUT2D eigenvalue weighted by Gasteiger charge is 2.30. The van der Waals surface area contributed by atoms with Crippen LogP contribution >= 0.6 is 11.3 Å². The number of aryl methyl sites for hydroxylation is 1. The predicted octanol–water partition coefficient (Wildman–Crippen LogP) is 1.83. The van der Waals surface area contributed by atoms with Gasteiger partial charge in [0.05, 0.1) is 24.3 Å². The Morgan fingerprint density at radius 2 is 2.24 bits per heavy atom. The number of nitrogens with one attached hydrogen (secondary N) is 1. The van der Waals surface area contributed by atoms with E-state index in [9.17, 15) is 4.79 Å². The molecule has 1 aliphatic heterocycles. The molecule has 0 spiro atoms. The molecule has 110 valence electrons. The second kappa shape index (κ2) is 6.32. The van der Waals surface area contributed by atoms with Crippen molar-refractivity contribution < 1.29 is 9.53 Å². The first-order chi connectivity index (χ1) is 10.2. The summed E-state index contributed by atoms with van der Waals surface area (Å²) in [4.78, 5) is 20.4. The van der Waals surface area contributed by atoms with Crippen LogP contribution in [-0.4, -0.2) is 35.1 Å². The van der Waals surface area contributed by atoms with E-state index in [-0.39, 0.29) is 17.9 Å². The zero-order valence-electron chi connectivity index (χ0n) is 11.8. The largest absolute Gasteiger partial charge is 0.379 e. The minimum Gasteiger partial charge on any atom is -0.379 e. The standard InChI is InChI=1S/C15H17N3O2S/c1-10-17-14(9-21-10)15(19)18-13-8-20-7-12(13)6-11-2-4-16-5-3-11/h2-5,9,12-13H,6-8H2,1H3,(H,18,19)/t12-,13+/m1/s1. The molecule has 3 rings (SSSR count). The van der Waals surface area contributed by atoms with Crippen LogP contribution in [0.2, 0.25) is 0 Å². The van der Waals surface area contributed by atoms with Gasteiger partial charge in [0.25, 0.3) is 5.91 Å². The molecule has 3 heterocycles. The van der Waals surface area contributed by atoms with E-state index in [0.29, 0.717) is 18.9 Å². The number of nitrogens with zero attached hydrogens (tertiary/aromatic N) is 2. The van der Waals surface area contributed by atoms with Gasteiger partial charge in [0.1, 0.15) is 5.69 Å². The van der Waals surface area contributed by atoms with Crippen molar-refractivity contribution in [2.45, 2.75) is 19.4 Å². The molecule has 0 unspecified atom stereocenters. The zero-order valence-corrected chi connectivity index (χ0v) is 12.6. The zero-order chi connectivity index (χ0) is 14.7. The molecule has 0 aliphatic carbocycles. The molecule has 6 heteroatoms. The van der Waals surface area contributed by atoms with E-state index in [1.807, 2.05) is 19.1 Å². The molecule has 21 heavy (non-hydrogen) atoms. The first kappa shape index (κ1) is 14.2. The molecule has 1 saturated heterocycles. The molecular formula is C15H17N3O2S. The Morgan fingerprint density at radius 1 is 1.43 bits per heavy atom. The van der Waals surface area contributed by atoms with E-state index >= 15 is 0 Å². The average molecular weight is 303 g/mol. The third-order valence-corrected chi connectivity index (χ3v) is 4.39. The lowest BCUT2D eigenvalue weighted by Crippen LogP contribution is -2.40. The molecule has 1 amide bonds. The fourth-order valence-corrected chi connectivity index (χ4v) is 3.08. The van der Waals surface area contributed by atoms with Crippen LogP contribution in [0.5, 0.6) is 0 Å². The summed E-state index contributed by atoms with van der Waals surface area (Å²) in [5.41, 5.74) is 1.70. The molecule has 0 radical (unpaired) electrons. The highest BCUT2D eigenvalue weighted by Crippen LogP contribution is 2.19. The first-order valence-corrected chi connectivity index (χ1v) is 7.80. The van der Waals surface area contributed by atoms with Crippen molar-refractivity contribution in [2.24, 2.45) is 5.92 Å². The molecule has 0 bridgehead atoms. The van der Waals surface area contributed by atoms with Gasteiger partial charge in [-0.15, -0.1) is 11.3 Å². The maximum Gasteiger partial charge on any atom is 0.271 e. The number of ether oxygens (including phenoxy) is 1. The summed E-state index contributed by atoms with van der Waals surface area (Å²) < 4.78 is 5.54. The number of hydrogen-bond acceptors (Lipinski definition) is 5. The van der Waals surface area contributed by atoms with E-state index < -0.39 is 0 Å². The van der Waals surface area contributed by atoms with E-state index in [1.165, 1.54) is 16.9 Å². The van der Waals surface area contributed by atoms with Gasteiger partial charge < -0.3 is 10.1 Å². The Morgan fingerprint density at radius 3 is 2.95 bits per heavy atom. The summed E-state index contributed by atoms with van der Waals surface area (Å²) in [6.07, 6.45) is 4.46. The van der Waals surface area contributed by atoms with Gasteiger partial charge in [0.2, 0.25) is 0 Å². The second-order valence-electron chi connectivity index (χ2n) is 5.19. The van der Waals surface area contributed by atoms with Crippen molar-refractivity contribution >= 4 is 17.2 Å². The molecule has 2 atom stereocenters. The van der Waals surface area contributed by atoms with Crippen LogP contribution in [0.1, 0.15) is 21.1 Å². The molecule has 0 saturated carbocycles. The highest BCUT2D eigenvalue weighted by atomic mass is 32.1. The quantitative estimate of drug-likeness (QED) is 0.936. The van der Waals surface area contributed by atoms with Crippen LogP contribution in [0, 0.1) is 12.8 Å². The van der Waals surface area contributed by atoms with Crippen LogP contribution in [0.4, 0.5) is 0 Å². The SMILES string of the molecule is Cc1nc(C(=O)N[C@H]2COC[C@H]2Cc2ccncc2)cs1. The molecule has 1 fully saturated rings. The number of amides is 1. The topological polar surface area (TPSA) is 64.1 Å². The number of aromatic nitrogens is 2. The van der Waals surface area contributed by atoms with Crippen molar-refractivity contribution in [3.8, 4) is 0 Å². The van der Waals surface area contributed by atoms with Crippen molar-refractivity contribution in [2.75, 3.05) is 13.2 Å². The lowest BCUT2D eigenvalue weighted by Gasteiger charge is -2.18. The van der Waals surface area contributed by atoms with Gasteiger partial charge in [-0.2, -0.15) is 0 Å². The molecule has 5 nitrogen and oxygen atoms in total. The lowest BCUT2D eigenvalue weighted by atomic mass is 9.95. The number of pyridine rings is 1. The van der Waals surface area contributed by atoms with Crippen molar-refractivity contribution in [3.63, 3.8) is 0 Å². The van der Waals surface area contributed by atoms with E-state index in [2.05, 4.69) is 15.3 Å². The number of thiazole rings is 1. The average Bonchev–Trinajstić information content (AvgIpc) is 3.10. The normalized spacial score (nSPS) is 21.4. The predicted molar refractivity (Wildman–Crippen MR) is 80.4 cm³/mol. The molecule has 1 aliphatic rings. The number of rotatable bonds is 4. The van der Waals surface area contributed by atoms with E-state index in [1.54, 1.807) is 17.8 Å². The second-order valence-corrected chi connectivity index (χ2v) is 6.25. The van der Waals surface area contributed by atoms with Gasteiger partial charge in [-0.25, -0.2) is 4.98 Å². The van der Waals surface area contributed by atoms with Gasteiger partial charge in [-0.1, -0.05) is 0 Å². The van der Waals surface area contributed by atoms with Crippen molar-refractivity contribution in [1.29, 1.82) is 0 Å². The molecule has 1 N–H and O–H groups in total. The smallest absolute Gasteiger partial charge is 0.271 e. The van der Waals surface area contributed by atoms with Crippen LogP contribution in [0.3, 0.4) is 0 Å². The Kier molecular flexibility index (Phi) is 4.26. The van der Waals surface area contributed by atoms with Gasteiger partial charge in [-0.05, 0) is 31.0 Å². The van der Waals surface area contributed by atoms with Crippen molar-refractivity contribution in [3.05, 3.63) is 46.2 Å². The summed E-state index contributed by atoms with van der Waals surface area (Å²) in [7, 11) is 0. The number of hydrogen-bond donors (Lipinski definition) is 1. The van der Waals surface area contributed by atoms with Gasteiger partial charge in [0.15, 0.2) is 0 Å². The maximum absolute atomic E-state index is 12.2. The minimum absolute atomic E-state index is 0.0349. The molecule has 2 aromatic rings. The Bertz CT molecular complexity index is 614. The summed E-state index contributed by atoms with van der Waals surface area (Å²) >= 11 is 1.48. The Labute approximate surface area is 127 Å². The Hall–Kier alpha value is -1.79. The minimum atomic E-state index is -0.116. The highest BCUT2D eigenvalue weighted by molar-refractivity contribution is 7.09. The monoisotopic (exact) mass is 303 g/mol. The van der Waals surface area contributed by atoms with Gasteiger partial charge in [-0.3, -0.25) is 9.78 Å². The third-order valence-electron chi connectivity index (χ3n) is 3.61. The van der Waals surface area contributed by atoms with Crippen molar-refractivity contribution in [1.82, 2.24) is 15.3 Å². The summed E-state index contributed by atoms with van der Waals surface area (Å²) in [5, 5.41) is 5.73. The third kappa shape index (κ3) is 3.46. The van der Waals surface area contributed by atoms with Crippen LogP contribution in [0.15, 0.2) is 29.9 Å². The van der Waals surface area contributed by atoms with Crippen LogP contribution < -0.4 is 5.32 Å². The maximum atomic E-state index is 12.2. The first-order valence-electron chi connectivity index (χ1n) is 6.92. The molecular weight excluding hydrogens is 286 g/mol. The lowest BCUT2D eigenvalue weighted by molar-refractivity contribution is 0.0920. The number of carbonyl (C=O) groups is 1. The van der Waals surface area contributed by atoms with Crippen LogP contribution in [-0.2, 0) is 11.2 Å². The Balaban J connectivity index is 1.63. The summed E-state index contributed by atoms with van der Waals surface area (Å²) in [6.45, 7) is 3.13. The summed E-state index contributed by atoms with van der Waals surface area (Å²) in [5.74, 6) is 0.172. The van der Waals surface area contributed by atoms with Gasteiger partial charge >= 0.3 is 0 Å². The van der Waals surface area contributed by atoms with Crippen LogP contribution in [0.25, 0.3) is 0 Å². The fraction of sp³-hybridized carbons (Fsp3) is 0.400. The molecule has 2 aromatic heterocycles. The van der Waals surface area contributed by atoms with Gasteiger partial charge in [0, 0.05) is 23.7 Å². The van der Waals surface area contributed by atoms with E-state index in [0.717, 1.165) is 11.4 Å². The van der Waals surface area contributed by atoms with E-state index in [4.69, 9.17) is 4.74 Å².